The van der Waals surface area contributed by atoms with Gasteiger partial charge >= 0.3 is 0 Å². The van der Waals surface area contributed by atoms with Crippen molar-refractivity contribution in [2.24, 2.45) is 0 Å². The average molecular weight is 364 g/mol. The van der Waals surface area contributed by atoms with E-state index in [1.165, 1.54) is 18.2 Å². The highest BCUT2D eigenvalue weighted by Crippen LogP contribution is 2.22. The molecule has 4 rings (SSSR count). The summed E-state index contributed by atoms with van der Waals surface area (Å²) in [6.07, 6.45) is 3.84. The number of hydrogen-bond acceptors (Lipinski definition) is 1. The molecular formula is C22H15F3N2. The number of rotatable bonds is 4. The summed E-state index contributed by atoms with van der Waals surface area (Å²) in [5.41, 5.74) is 3.43. The van der Waals surface area contributed by atoms with Crippen molar-refractivity contribution in [3.05, 3.63) is 100 Å². The molecule has 0 bridgehead atoms. The number of nitrogens with zero attached hydrogens (tertiary/aromatic N) is 1. The lowest BCUT2D eigenvalue weighted by Crippen LogP contribution is -1.91. The van der Waals surface area contributed by atoms with Gasteiger partial charge in [0.15, 0.2) is 0 Å². The molecule has 5 heteroatoms. The molecule has 0 aliphatic rings. The second-order valence-electron chi connectivity index (χ2n) is 6.30. The van der Waals surface area contributed by atoms with Crippen LogP contribution in [0.3, 0.4) is 0 Å². The Kier molecular flexibility index (Phi) is 4.50. The number of fused-ring (bicyclic) bond motifs is 1. The smallest absolute Gasteiger partial charge is 0.130 e. The summed E-state index contributed by atoms with van der Waals surface area (Å²) in [5, 5.41) is 8.03. The van der Waals surface area contributed by atoms with Gasteiger partial charge in [0.05, 0.1) is 11.2 Å². The normalized spacial score (nSPS) is 11.5. The summed E-state index contributed by atoms with van der Waals surface area (Å²) >= 11 is 0. The molecule has 134 valence electrons. The average Bonchev–Trinajstić information content (AvgIpc) is 3.02. The topological polar surface area (TPSA) is 28.7 Å². The van der Waals surface area contributed by atoms with Crippen molar-refractivity contribution < 1.29 is 13.2 Å². The van der Waals surface area contributed by atoms with Crippen LogP contribution in [0.15, 0.2) is 60.7 Å². The van der Waals surface area contributed by atoms with E-state index >= 15 is 0 Å². The number of nitrogens with one attached hydrogen (secondary N) is 1. The second kappa shape index (κ2) is 7.11. The number of hydrogen-bond donors (Lipinski definition) is 1. The molecule has 1 aromatic heterocycles. The third-order valence-corrected chi connectivity index (χ3v) is 4.31. The number of H-pyrrole nitrogens is 1. The van der Waals surface area contributed by atoms with Gasteiger partial charge in [0.2, 0.25) is 0 Å². The van der Waals surface area contributed by atoms with Crippen LogP contribution in [0, 0.1) is 17.5 Å². The second-order valence-corrected chi connectivity index (χ2v) is 6.30. The Balaban J connectivity index is 1.66. The third kappa shape index (κ3) is 3.77. The van der Waals surface area contributed by atoms with E-state index in [9.17, 15) is 13.2 Å². The molecular weight excluding hydrogens is 349 g/mol. The fourth-order valence-electron chi connectivity index (χ4n) is 3.05. The fourth-order valence-corrected chi connectivity index (χ4v) is 3.05. The van der Waals surface area contributed by atoms with Crippen LogP contribution in [0.1, 0.15) is 22.4 Å². The van der Waals surface area contributed by atoms with Gasteiger partial charge in [0.25, 0.3) is 0 Å². The Labute approximate surface area is 154 Å². The first-order chi connectivity index (χ1) is 13.1. The Bertz CT molecular complexity index is 1130. The van der Waals surface area contributed by atoms with Gasteiger partial charge in [-0.05, 0) is 60.0 Å². The highest BCUT2D eigenvalue weighted by Gasteiger charge is 2.07. The standard InChI is InChI=1S/C22H15F3N2/c23-17-10-15(11-18(24)13-17)9-14-5-7-21-19(12-14)22(27-26-21)8-6-16-3-1-2-4-20(16)25/h1-8,10-13H,9H2,(H,26,27)/b8-6+. The van der Waals surface area contributed by atoms with E-state index in [-0.39, 0.29) is 5.82 Å². The highest BCUT2D eigenvalue weighted by atomic mass is 19.1. The largest absolute Gasteiger partial charge is 0.277 e. The van der Waals surface area contributed by atoms with E-state index in [2.05, 4.69) is 10.2 Å². The van der Waals surface area contributed by atoms with Crippen LogP contribution in [0.5, 0.6) is 0 Å². The molecule has 3 aromatic carbocycles. The summed E-state index contributed by atoms with van der Waals surface area (Å²) < 4.78 is 40.6. The zero-order chi connectivity index (χ0) is 18.8. The summed E-state index contributed by atoms with van der Waals surface area (Å²) in [7, 11) is 0. The summed E-state index contributed by atoms with van der Waals surface area (Å²) in [6.45, 7) is 0. The molecule has 0 fully saturated rings. The molecule has 0 atom stereocenters. The molecule has 0 aliphatic carbocycles. The molecule has 0 aliphatic heterocycles. The van der Waals surface area contributed by atoms with E-state index in [0.717, 1.165) is 28.2 Å². The van der Waals surface area contributed by atoms with Crippen LogP contribution in [-0.2, 0) is 6.42 Å². The molecule has 1 N–H and O–H groups in total. The highest BCUT2D eigenvalue weighted by molar-refractivity contribution is 5.89. The fraction of sp³-hybridized carbons (Fsp3) is 0.0455. The van der Waals surface area contributed by atoms with Crippen molar-refractivity contribution in [3.8, 4) is 0 Å². The predicted molar refractivity (Wildman–Crippen MR) is 101 cm³/mol. The van der Waals surface area contributed by atoms with Crippen LogP contribution in [0.4, 0.5) is 13.2 Å². The van der Waals surface area contributed by atoms with Gasteiger partial charge in [-0.1, -0.05) is 24.3 Å². The van der Waals surface area contributed by atoms with Gasteiger partial charge in [-0.3, -0.25) is 5.10 Å². The summed E-state index contributed by atoms with van der Waals surface area (Å²) in [6, 6.07) is 15.6. The zero-order valence-electron chi connectivity index (χ0n) is 14.2. The lowest BCUT2D eigenvalue weighted by Gasteiger charge is -2.03. The van der Waals surface area contributed by atoms with Gasteiger partial charge in [0, 0.05) is 17.0 Å². The molecule has 0 saturated heterocycles. The minimum atomic E-state index is -0.595. The lowest BCUT2D eigenvalue weighted by atomic mass is 10.0. The molecule has 0 radical (unpaired) electrons. The van der Waals surface area contributed by atoms with E-state index < -0.39 is 11.6 Å². The van der Waals surface area contributed by atoms with Gasteiger partial charge in [0.1, 0.15) is 17.5 Å². The van der Waals surface area contributed by atoms with Crippen molar-refractivity contribution in [1.29, 1.82) is 0 Å². The minimum Gasteiger partial charge on any atom is -0.277 e. The maximum Gasteiger partial charge on any atom is 0.130 e. The van der Waals surface area contributed by atoms with Crippen molar-refractivity contribution >= 4 is 23.1 Å². The predicted octanol–water partition coefficient (Wildman–Crippen LogP) is 5.74. The van der Waals surface area contributed by atoms with Crippen molar-refractivity contribution in [1.82, 2.24) is 10.2 Å². The molecule has 4 aromatic rings. The molecule has 27 heavy (non-hydrogen) atoms. The van der Waals surface area contributed by atoms with Crippen molar-refractivity contribution in [2.75, 3.05) is 0 Å². The van der Waals surface area contributed by atoms with Crippen molar-refractivity contribution in [2.45, 2.75) is 6.42 Å². The monoisotopic (exact) mass is 364 g/mol. The van der Waals surface area contributed by atoms with Crippen LogP contribution in [0.2, 0.25) is 0 Å². The SMILES string of the molecule is Fc1cc(F)cc(Cc2ccc3n[nH]c(/C=C/c4ccccc4F)c3c2)c1. The van der Waals surface area contributed by atoms with E-state index in [4.69, 9.17) is 0 Å². The van der Waals surface area contributed by atoms with Gasteiger partial charge in [-0.2, -0.15) is 5.10 Å². The van der Waals surface area contributed by atoms with Crippen LogP contribution in [-0.4, -0.2) is 10.2 Å². The van der Waals surface area contributed by atoms with E-state index in [0.29, 0.717) is 17.5 Å². The first kappa shape index (κ1) is 17.1. The van der Waals surface area contributed by atoms with Crippen LogP contribution in [0.25, 0.3) is 23.1 Å². The van der Waals surface area contributed by atoms with E-state index in [1.807, 2.05) is 18.2 Å². The van der Waals surface area contributed by atoms with Crippen molar-refractivity contribution in [3.63, 3.8) is 0 Å². The molecule has 0 saturated carbocycles. The number of aromatic nitrogens is 2. The van der Waals surface area contributed by atoms with E-state index in [1.54, 1.807) is 30.4 Å². The molecule has 0 spiro atoms. The molecule has 0 unspecified atom stereocenters. The molecule has 0 amide bonds. The van der Waals surface area contributed by atoms with Crippen LogP contribution < -0.4 is 0 Å². The summed E-state index contributed by atoms with van der Waals surface area (Å²) in [4.78, 5) is 0. The summed E-state index contributed by atoms with van der Waals surface area (Å²) in [5.74, 6) is -1.49. The Morgan fingerprint density at radius 3 is 2.37 bits per heavy atom. The maximum absolute atomic E-state index is 13.8. The Morgan fingerprint density at radius 2 is 1.59 bits per heavy atom. The zero-order valence-corrected chi connectivity index (χ0v) is 14.2. The Morgan fingerprint density at radius 1 is 0.815 bits per heavy atom. The quantitative estimate of drug-likeness (QED) is 0.491. The molecule has 2 nitrogen and oxygen atoms in total. The lowest BCUT2D eigenvalue weighted by molar-refractivity contribution is 0.580. The number of benzene rings is 3. The number of halogens is 3. The third-order valence-electron chi connectivity index (χ3n) is 4.31. The first-order valence-electron chi connectivity index (χ1n) is 8.43. The van der Waals surface area contributed by atoms with Gasteiger partial charge in [-0.25, -0.2) is 13.2 Å². The van der Waals surface area contributed by atoms with Crippen LogP contribution >= 0.6 is 0 Å². The molecule has 1 heterocycles. The van der Waals surface area contributed by atoms with Gasteiger partial charge in [-0.15, -0.1) is 0 Å². The van der Waals surface area contributed by atoms with Gasteiger partial charge < -0.3 is 0 Å². The Hall–Kier alpha value is -3.34. The maximum atomic E-state index is 13.8. The number of aromatic amines is 1. The minimum absolute atomic E-state index is 0.300. The first-order valence-corrected chi connectivity index (χ1v) is 8.43.